The third-order valence-corrected chi connectivity index (χ3v) is 6.06. The predicted molar refractivity (Wildman–Crippen MR) is 146 cm³/mol. The Morgan fingerprint density at radius 3 is 2.46 bits per heavy atom. The lowest BCUT2D eigenvalue weighted by atomic mass is 10.1. The van der Waals surface area contributed by atoms with Crippen molar-refractivity contribution in [2.45, 2.75) is 19.1 Å². The van der Waals surface area contributed by atoms with Crippen molar-refractivity contribution in [3.05, 3.63) is 76.6 Å². The van der Waals surface area contributed by atoms with E-state index in [2.05, 4.69) is 20.6 Å². The van der Waals surface area contributed by atoms with Crippen LogP contribution in [0.4, 0.5) is 36.1 Å². The van der Waals surface area contributed by atoms with E-state index in [0.29, 0.717) is 33.7 Å². The smallest absolute Gasteiger partial charge is 0.416 e. The van der Waals surface area contributed by atoms with Crippen LogP contribution in [0.3, 0.4) is 0 Å². The highest BCUT2D eigenvalue weighted by atomic mass is 35.5. The van der Waals surface area contributed by atoms with Crippen molar-refractivity contribution in [3.8, 4) is 5.75 Å². The molecule has 3 aromatic carbocycles. The molecule has 0 aliphatic heterocycles. The number of nitrogens with zero attached hydrogens (tertiary/aromatic N) is 3. The maximum atomic E-state index is 13.2. The van der Waals surface area contributed by atoms with Crippen LogP contribution in [0, 0.1) is 0 Å². The number of methoxy groups -OCH3 is 1. The number of ether oxygens (including phenoxy) is 1. The van der Waals surface area contributed by atoms with Gasteiger partial charge < -0.3 is 26.0 Å². The summed E-state index contributed by atoms with van der Waals surface area (Å²) >= 11 is 6.10. The van der Waals surface area contributed by atoms with Gasteiger partial charge in [0.2, 0.25) is 11.2 Å². The molecule has 4 N–H and O–H groups in total. The van der Waals surface area contributed by atoms with Gasteiger partial charge in [-0.3, -0.25) is 4.79 Å². The molecule has 1 aromatic heterocycles. The molecule has 4 aromatic rings. The molecule has 0 bridgehead atoms. The molecule has 0 atom stereocenters. The Morgan fingerprint density at radius 1 is 1.05 bits per heavy atom. The van der Waals surface area contributed by atoms with E-state index in [-0.39, 0.29) is 29.8 Å². The van der Waals surface area contributed by atoms with Gasteiger partial charge in [-0.15, -0.1) is 0 Å². The topological polar surface area (TPSA) is 105 Å². The quantitative estimate of drug-likeness (QED) is 0.183. The normalized spacial score (nSPS) is 11.4. The summed E-state index contributed by atoms with van der Waals surface area (Å²) in [5, 5.41) is 6.93. The third-order valence-electron chi connectivity index (χ3n) is 5.89. The summed E-state index contributed by atoms with van der Waals surface area (Å²) < 4.78 is 45.1. The van der Waals surface area contributed by atoms with Crippen LogP contribution in [0.15, 0.2) is 54.6 Å². The molecule has 0 spiro atoms. The maximum absolute atomic E-state index is 13.2. The second kappa shape index (κ2) is 11.2. The molecule has 1 heterocycles. The number of amides is 1. The zero-order valence-electron chi connectivity index (χ0n) is 21.4. The fourth-order valence-electron chi connectivity index (χ4n) is 3.94. The summed E-state index contributed by atoms with van der Waals surface area (Å²) in [5.74, 6) is 0.864. The molecule has 0 saturated heterocycles. The van der Waals surface area contributed by atoms with Crippen molar-refractivity contribution in [1.29, 1.82) is 0 Å². The molecule has 1 amide bonds. The van der Waals surface area contributed by atoms with E-state index in [9.17, 15) is 18.0 Å². The molecular weight excluding hydrogens is 533 g/mol. The van der Waals surface area contributed by atoms with Gasteiger partial charge >= 0.3 is 6.18 Å². The number of anilines is 4. The van der Waals surface area contributed by atoms with Gasteiger partial charge in [0.15, 0.2) is 0 Å². The number of nitrogen functional groups attached to an aromatic ring is 1. The largest absolute Gasteiger partial charge is 0.496 e. The number of carbonyl (C=O) groups is 1. The highest BCUT2D eigenvalue weighted by molar-refractivity contribution is 6.28. The van der Waals surface area contributed by atoms with E-state index in [1.54, 1.807) is 38.4 Å². The average molecular weight is 559 g/mol. The van der Waals surface area contributed by atoms with Gasteiger partial charge in [-0.05, 0) is 59.6 Å². The Kier molecular flexibility index (Phi) is 8.01. The third kappa shape index (κ3) is 6.80. The van der Waals surface area contributed by atoms with Gasteiger partial charge in [-0.1, -0.05) is 6.07 Å². The lowest BCUT2D eigenvalue weighted by molar-refractivity contribution is -0.137. The Bertz CT molecular complexity index is 1530. The van der Waals surface area contributed by atoms with Crippen molar-refractivity contribution in [3.63, 3.8) is 0 Å². The number of hydrogen-bond acceptors (Lipinski definition) is 7. The molecule has 8 nitrogen and oxygen atoms in total. The number of carbonyl (C=O) groups excluding carboxylic acids is 1. The van der Waals surface area contributed by atoms with E-state index in [1.807, 2.05) is 12.1 Å². The Hall–Kier alpha value is -4.25. The number of nitrogens with two attached hydrogens (primary N) is 1. The molecule has 39 heavy (non-hydrogen) atoms. The monoisotopic (exact) mass is 558 g/mol. The highest BCUT2D eigenvalue weighted by Crippen LogP contribution is 2.33. The van der Waals surface area contributed by atoms with E-state index in [0.717, 1.165) is 23.4 Å². The molecular formula is C27H26ClF3N6O2. The molecule has 0 aliphatic carbocycles. The van der Waals surface area contributed by atoms with Gasteiger partial charge in [0.25, 0.3) is 0 Å². The second-order valence-electron chi connectivity index (χ2n) is 9.00. The first-order chi connectivity index (χ1) is 18.4. The van der Waals surface area contributed by atoms with E-state index in [1.165, 1.54) is 18.1 Å². The van der Waals surface area contributed by atoms with E-state index < -0.39 is 11.7 Å². The number of likely N-dealkylation sites (N-methyl/N-ethyl adjacent to an activating group) is 1. The van der Waals surface area contributed by atoms with Crippen LogP contribution < -0.4 is 21.1 Å². The maximum Gasteiger partial charge on any atom is 0.416 e. The van der Waals surface area contributed by atoms with Gasteiger partial charge in [-0.2, -0.15) is 13.2 Å². The summed E-state index contributed by atoms with van der Waals surface area (Å²) in [6.45, 7) is 0.0263. The number of halogens is 4. The van der Waals surface area contributed by atoms with Gasteiger partial charge in [0.05, 0.1) is 24.6 Å². The number of aromatic nitrogens is 2. The van der Waals surface area contributed by atoms with Crippen LogP contribution in [0.5, 0.6) is 5.75 Å². The summed E-state index contributed by atoms with van der Waals surface area (Å²) in [4.78, 5) is 22.1. The number of fused-ring (bicyclic) bond motifs is 1. The fourth-order valence-corrected chi connectivity index (χ4v) is 4.11. The minimum Gasteiger partial charge on any atom is -0.496 e. The molecule has 204 valence electrons. The molecule has 0 radical (unpaired) electrons. The summed E-state index contributed by atoms with van der Waals surface area (Å²) in [7, 11) is 4.93. The Morgan fingerprint density at radius 2 is 1.77 bits per heavy atom. The lowest BCUT2D eigenvalue weighted by Gasteiger charge is -2.15. The van der Waals surface area contributed by atoms with Crippen LogP contribution in [0.25, 0.3) is 10.9 Å². The van der Waals surface area contributed by atoms with Crippen molar-refractivity contribution in [1.82, 2.24) is 14.9 Å². The highest BCUT2D eigenvalue weighted by Gasteiger charge is 2.31. The first kappa shape index (κ1) is 27.8. The van der Waals surface area contributed by atoms with Crippen LogP contribution in [-0.4, -0.2) is 42.0 Å². The predicted octanol–water partition coefficient (Wildman–Crippen LogP) is 5.88. The summed E-state index contributed by atoms with van der Waals surface area (Å²) in [6.07, 6.45) is -4.31. The zero-order chi connectivity index (χ0) is 28.3. The van der Waals surface area contributed by atoms with Crippen LogP contribution in [0.2, 0.25) is 5.28 Å². The van der Waals surface area contributed by atoms with Crippen molar-refractivity contribution in [2.24, 2.45) is 0 Å². The number of benzene rings is 3. The molecule has 0 unspecified atom stereocenters. The minimum absolute atomic E-state index is 0.00576. The number of rotatable bonds is 8. The molecule has 12 heteroatoms. The lowest BCUT2D eigenvalue weighted by Crippen LogP contribution is -2.23. The van der Waals surface area contributed by atoms with Crippen molar-refractivity contribution < 1.29 is 22.7 Å². The van der Waals surface area contributed by atoms with Crippen LogP contribution in [-0.2, 0) is 23.9 Å². The van der Waals surface area contributed by atoms with Crippen molar-refractivity contribution >= 4 is 51.3 Å². The zero-order valence-corrected chi connectivity index (χ0v) is 22.1. The second-order valence-corrected chi connectivity index (χ2v) is 9.34. The first-order valence-corrected chi connectivity index (χ1v) is 12.1. The van der Waals surface area contributed by atoms with E-state index >= 15 is 0 Å². The Balaban J connectivity index is 1.59. The summed E-state index contributed by atoms with van der Waals surface area (Å²) in [6, 6.07) is 14.2. The molecule has 0 fully saturated rings. The van der Waals surface area contributed by atoms with Crippen LogP contribution >= 0.6 is 11.6 Å². The Labute approximate surface area is 227 Å². The molecule has 0 saturated carbocycles. The SMILES string of the molecule is COc1cc(Nc2ccc3nc(Cl)nc(NCc4cc(N)cc(C(F)(F)F)c4)c3c2)ccc1CC(=O)N(C)C. The van der Waals surface area contributed by atoms with Gasteiger partial charge in [0.1, 0.15) is 11.6 Å². The number of alkyl halides is 3. The fraction of sp³-hybridized carbons (Fsp3) is 0.222. The first-order valence-electron chi connectivity index (χ1n) is 11.7. The standard InChI is InChI=1S/C27H26ClF3N6O2/c1-37(2)24(38)10-16-4-5-20(13-23(16)39-3)34-19-6-7-22-21(12-19)25(36-26(28)35-22)33-14-15-8-17(27(29,30)31)11-18(32)9-15/h4-9,11-13,34H,10,14,32H2,1-3H3,(H,33,35,36). The summed E-state index contributed by atoms with van der Waals surface area (Å²) in [5.41, 5.74) is 7.91. The number of hydrogen-bond donors (Lipinski definition) is 3. The van der Waals surface area contributed by atoms with Gasteiger partial charge in [0, 0.05) is 54.7 Å². The van der Waals surface area contributed by atoms with E-state index in [4.69, 9.17) is 22.1 Å². The van der Waals surface area contributed by atoms with Gasteiger partial charge in [-0.25, -0.2) is 9.97 Å². The minimum atomic E-state index is -4.52. The molecule has 0 aliphatic rings. The molecule has 4 rings (SSSR count). The number of nitrogens with one attached hydrogen (secondary N) is 2. The average Bonchev–Trinajstić information content (AvgIpc) is 2.87. The van der Waals surface area contributed by atoms with Crippen molar-refractivity contribution in [2.75, 3.05) is 37.6 Å². The van der Waals surface area contributed by atoms with Crippen LogP contribution in [0.1, 0.15) is 16.7 Å².